The second kappa shape index (κ2) is 9.65. The molecule has 0 heterocycles. The topological polar surface area (TPSA) is 76.7 Å². The van der Waals surface area contributed by atoms with Crippen LogP contribution in [0, 0.1) is 5.92 Å². The second-order valence-corrected chi connectivity index (χ2v) is 6.49. The quantitative estimate of drug-likeness (QED) is 0.761. The molecule has 6 nitrogen and oxygen atoms in total. The van der Waals surface area contributed by atoms with Crippen LogP contribution in [0.3, 0.4) is 0 Å². The van der Waals surface area contributed by atoms with Gasteiger partial charge in [-0.1, -0.05) is 57.2 Å². The molecule has 0 spiro atoms. The number of rotatable bonds is 7. The van der Waals surface area contributed by atoms with Crippen LogP contribution in [-0.4, -0.2) is 31.4 Å². The standard InChI is InChI=1S/C20H26N2O4/c1-4-16(21-19(23)25-12-14(2)3)13-26-20(24)22-18-11-7-9-15-8-5-6-10-17(15)18/h5-11,14,16H,4,12-13H2,1-3H3,(H,21,23)(H,22,24). The summed E-state index contributed by atoms with van der Waals surface area (Å²) in [4.78, 5) is 23.8. The van der Waals surface area contributed by atoms with Crippen LogP contribution in [0.2, 0.25) is 0 Å². The molecule has 140 valence electrons. The predicted octanol–water partition coefficient (Wildman–Crippen LogP) is 4.55. The maximum Gasteiger partial charge on any atom is 0.411 e. The Morgan fingerprint density at radius 1 is 0.962 bits per heavy atom. The average molecular weight is 358 g/mol. The number of alkyl carbamates (subject to hydrolysis) is 1. The van der Waals surface area contributed by atoms with E-state index in [-0.39, 0.29) is 18.6 Å². The number of carbonyl (C=O) groups is 2. The van der Waals surface area contributed by atoms with Crippen LogP contribution in [0.5, 0.6) is 0 Å². The number of ether oxygens (including phenoxy) is 2. The summed E-state index contributed by atoms with van der Waals surface area (Å²) in [6.07, 6.45) is -0.432. The van der Waals surface area contributed by atoms with Crippen LogP contribution in [0.1, 0.15) is 27.2 Å². The van der Waals surface area contributed by atoms with Gasteiger partial charge in [0.25, 0.3) is 0 Å². The molecule has 2 aromatic rings. The van der Waals surface area contributed by atoms with Gasteiger partial charge in [0.1, 0.15) is 6.61 Å². The van der Waals surface area contributed by atoms with Gasteiger partial charge < -0.3 is 14.8 Å². The van der Waals surface area contributed by atoms with Crippen molar-refractivity contribution in [2.75, 3.05) is 18.5 Å². The fourth-order valence-electron chi connectivity index (χ4n) is 2.37. The van der Waals surface area contributed by atoms with Gasteiger partial charge in [0.05, 0.1) is 18.3 Å². The van der Waals surface area contributed by atoms with Crippen LogP contribution in [-0.2, 0) is 9.47 Å². The van der Waals surface area contributed by atoms with Crippen molar-refractivity contribution in [3.8, 4) is 0 Å². The molecule has 6 heteroatoms. The molecule has 0 bridgehead atoms. The van der Waals surface area contributed by atoms with Crippen LogP contribution in [0.15, 0.2) is 42.5 Å². The summed E-state index contributed by atoms with van der Waals surface area (Å²) in [6, 6.07) is 13.2. The number of fused-ring (bicyclic) bond motifs is 1. The molecule has 2 amide bonds. The van der Waals surface area contributed by atoms with E-state index in [2.05, 4.69) is 10.6 Å². The van der Waals surface area contributed by atoms with Gasteiger partial charge >= 0.3 is 12.2 Å². The molecule has 0 aromatic heterocycles. The van der Waals surface area contributed by atoms with Crippen molar-refractivity contribution in [3.05, 3.63) is 42.5 Å². The lowest BCUT2D eigenvalue weighted by atomic mass is 10.1. The summed E-state index contributed by atoms with van der Waals surface area (Å²) in [5.41, 5.74) is 0.686. The number of hydrogen-bond donors (Lipinski definition) is 2. The fraction of sp³-hybridized carbons (Fsp3) is 0.400. The van der Waals surface area contributed by atoms with E-state index in [4.69, 9.17) is 9.47 Å². The Balaban J connectivity index is 1.85. The lowest BCUT2D eigenvalue weighted by molar-refractivity contribution is 0.116. The molecule has 0 aliphatic heterocycles. The highest BCUT2D eigenvalue weighted by Gasteiger charge is 2.15. The average Bonchev–Trinajstić information content (AvgIpc) is 2.63. The normalized spacial score (nSPS) is 11.8. The van der Waals surface area contributed by atoms with Crippen LogP contribution in [0.25, 0.3) is 10.8 Å². The first-order chi connectivity index (χ1) is 12.5. The molecular weight excluding hydrogens is 332 g/mol. The summed E-state index contributed by atoms with van der Waals surface area (Å²) >= 11 is 0. The first kappa shape index (κ1) is 19.6. The molecular formula is C20H26N2O4. The molecule has 2 aromatic carbocycles. The number of hydrogen-bond acceptors (Lipinski definition) is 4. The number of benzene rings is 2. The van der Waals surface area contributed by atoms with Gasteiger partial charge in [-0.25, -0.2) is 9.59 Å². The molecule has 0 aliphatic rings. The van der Waals surface area contributed by atoms with Gasteiger partial charge in [-0.2, -0.15) is 0 Å². The molecule has 1 atom stereocenters. The number of anilines is 1. The van der Waals surface area contributed by atoms with Gasteiger partial charge in [-0.3, -0.25) is 5.32 Å². The molecule has 1 unspecified atom stereocenters. The third-order valence-electron chi connectivity index (χ3n) is 3.80. The largest absolute Gasteiger partial charge is 0.449 e. The van der Waals surface area contributed by atoms with Crippen LogP contribution < -0.4 is 10.6 Å². The predicted molar refractivity (Wildman–Crippen MR) is 102 cm³/mol. The molecule has 2 N–H and O–H groups in total. The SMILES string of the molecule is CCC(COC(=O)Nc1cccc2ccccc12)NC(=O)OCC(C)C. The van der Waals surface area contributed by atoms with Gasteiger partial charge in [0, 0.05) is 5.39 Å². The third-order valence-corrected chi connectivity index (χ3v) is 3.80. The van der Waals surface area contributed by atoms with Crippen molar-refractivity contribution >= 4 is 28.6 Å². The van der Waals surface area contributed by atoms with E-state index < -0.39 is 12.2 Å². The van der Waals surface area contributed by atoms with E-state index in [1.165, 1.54) is 0 Å². The fourth-order valence-corrected chi connectivity index (χ4v) is 2.37. The monoisotopic (exact) mass is 358 g/mol. The maximum atomic E-state index is 12.1. The van der Waals surface area contributed by atoms with E-state index in [0.717, 1.165) is 10.8 Å². The Hall–Kier alpha value is -2.76. The van der Waals surface area contributed by atoms with E-state index in [9.17, 15) is 9.59 Å². The summed E-state index contributed by atoms with van der Waals surface area (Å²) in [5.74, 6) is 0.267. The molecule has 0 saturated heterocycles. The maximum absolute atomic E-state index is 12.1. The van der Waals surface area contributed by atoms with Gasteiger partial charge in [0.15, 0.2) is 0 Å². The zero-order valence-corrected chi connectivity index (χ0v) is 15.5. The van der Waals surface area contributed by atoms with Crippen molar-refractivity contribution in [2.24, 2.45) is 5.92 Å². The second-order valence-electron chi connectivity index (χ2n) is 6.49. The minimum Gasteiger partial charge on any atom is -0.449 e. The molecule has 0 aliphatic carbocycles. The summed E-state index contributed by atoms with van der Waals surface area (Å²) in [6.45, 7) is 6.25. The molecule has 0 fully saturated rings. The Morgan fingerprint density at radius 2 is 1.65 bits per heavy atom. The van der Waals surface area contributed by atoms with E-state index in [1.807, 2.05) is 63.2 Å². The first-order valence-electron chi connectivity index (χ1n) is 8.84. The van der Waals surface area contributed by atoms with Crippen molar-refractivity contribution < 1.29 is 19.1 Å². The summed E-state index contributed by atoms with van der Waals surface area (Å²) < 4.78 is 10.3. The van der Waals surface area contributed by atoms with E-state index in [1.54, 1.807) is 0 Å². The molecule has 2 rings (SSSR count). The zero-order chi connectivity index (χ0) is 18.9. The van der Waals surface area contributed by atoms with Gasteiger partial charge in [0.2, 0.25) is 0 Å². The minimum absolute atomic E-state index is 0.0733. The minimum atomic E-state index is -0.558. The van der Waals surface area contributed by atoms with Crippen molar-refractivity contribution in [2.45, 2.75) is 33.2 Å². The highest BCUT2D eigenvalue weighted by molar-refractivity contribution is 6.00. The van der Waals surface area contributed by atoms with Crippen LogP contribution >= 0.6 is 0 Å². The summed E-state index contributed by atoms with van der Waals surface area (Å²) in [5, 5.41) is 7.43. The van der Waals surface area contributed by atoms with Gasteiger partial charge in [-0.15, -0.1) is 0 Å². The number of nitrogens with one attached hydrogen (secondary N) is 2. The molecule has 0 radical (unpaired) electrons. The van der Waals surface area contributed by atoms with Crippen molar-refractivity contribution in [1.82, 2.24) is 5.32 Å². The van der Waals surface area contributed by atoms with Crippen molar-refractivity contribution in [1.29, 1.82) is 0 Å². The Bertz CT molecular complexity index is 740. The van der Waals surface area contributed by atoms with Crippen molar-refractivity contribution in [3.63, 3.8) is 0 Å². The highest BCUT2D eigenvalue weighted by Crippen LogP contribution is 2.22. The van der Waals surface area contributed by atoms with E-state index >= 15 is 0 Å². The van der Waals surface area contributed by atoms with Crippen LogP contribution in [0.4, 0.5) is 15.3 Å². The zero-order valence-electron chi connectivity index (χ0n) is 15.5. The first-order valence-corrected chi connectivity index (χ1v) is 8.84. The highest BCUT2D eigenvalue weighted by atomic mass is 16.6. The Morgan fingerprint density at radius 3 is 2.38 bits per heavy atom. The Labute approximate surface area is 153 Å². The number of amides is 2. The summed E-state index contributed by atoms with van der Waals surface area (Å²) in [7, 11) is 0. The lowest BCUT2D eigenvalue weighted by Crippen LogP contribution is -2.39. The lowest BCUT2D eigenvalue weighted by Gasteiger charge is -2.18. The van der Waals surface area contributed by atoms with E-state index in [0.29, 0.717) is 18.7 Å². The molecule has 26 heavy (non-hydrogen) atoms. The smallest absolute Gasteiger partial charge is 0.411 e. The Kier molecular flexibility index (Phi) is 7.26. The van der Waals surface area contributed by atoms with Gasteiger partial charge in [-0.05, 0) is 23.8 Å². The third kappa shape index (κ3) is 5.95. The number of carbonyl (C=O) groups excluding carboxylic acids is 2. The molecule has 0 saturated carbocycles.